The quantitative estimate of drug-likeness (QED) is 0.749. The predicted octanol–water partition coefficient (Wildman–Crippen LogP) is 1.71. The monoisotopic (exact) mass is 238 g/mol. The number of aromatic nitrogens is 1. The van der Waals surface area contributed by atoms with Gasteiger partial charge < -0.3 is 4.90 Å². The lowest BCUT2D eigenvalue weighted by atomic mass is 10.1. The van der Waals surface area contributed by atoms with Crippen LogP contribution in [0.1, 0.15) is 12.0 Å². The molecule has 16 heavy (non-hydrogen) atoms. The minimum absolute atomic E-state index is 0.236. The SMILES string of the molecule is O=C1CC(CCl)CN1CCc1ccncc1. The van der Waals surface area contributed by atoms with Crippen LogP contribution >= 0.6 is 11.6 Å². The third kappa shape index (κ3) is 2.73. The van der Waals surface area contributed by atoms with E-state index < -0.39 is 0 Å². The van der Waals surface area contributed by atoms with E-state index in [0.717, 1.165) is 19.5 Å². The summed E-state index contributed by atoms with van der Waals surface area (Å²) in [5, 5.41) is 0. The van der Waals surface area contributed by atoms with Gasteiger partial charge in [0.25, 0.3) is 0 Å². The summed E-state index contributed by atoms with van der Waals surface area (Å²) in [6.45, 7) is 1.60. The summed E-state index contributed by atoms with van der Waals surface area (Å²) in [6, 6.07) is 3.97. The molecule has 1 saturated heterocycles. The summed E-state index contributed by atoms with van der Waals surface area (Å²) >= 11 is 5.77. The number of likely N-dealkylation sites (tertiary alicyclic amines) is 1. The van der Waals surface area contributed by atoms with Crippen LogP contribution in [0.3, 0.4) is 0 Å². The maximum absolute atomic E-state index is 11.6. The molecule has 0 radical (unpaired) electrons. The number of hydrogen-bond donors (Lipinski definition) is 0. The Bertz CT molecular complexity index is 355. The van der Waals surface area contributed by atoms with E-state index in [1.807, 2.05) is 17.0 Å². The van der Waals surface area contributed by atoms with Crippen molar-refractivity contribution in [1.82, 2.24) is 9.88 Å². The van der Waals surface area contributed by atoms with Crippen molar-refractivity contribution < 1.29 is 4.79 Å². The Morgan fingerprint density at radius 3 is 2.81 bits per heavy atom. The highest BCUT2D eigenvalue weighted by Gasteiger charge is 2.28. The van der Waals surface area contributed by atoms with Gasteiger partial charge in [-0.05, 0) is 30.0 Å². The zero-order valence-corrected chi connectivity index (χ0v) is 9.86. The van der Waals surface area contributed by atoms with Crippen LogP contribution in [0.5, 0.6) is 0 Å². The first-order valence-corrected chi connectivity index (χ1v) is 6.05. The lowest BCUT2D eigenvalue weighted by molar-refractivity contribution is -0.127. The van der Waals surface area contributed by atoms with E-state index in [1.165, 1.54) is 5.56 Å². The first kappa shape index (κ1) is 11.4. The highest BCUT2D eigenvalue weighted by atomic mass is 35.5. The molecule has 1 amide bonds. The Labute approximate surface area is 100 Å². The molecule has 86 valence electrons. The molecule has 2 heterocycles. The Morgan fingerprint density at radius 1 is 1.44 bits per heavy atom. The first-order chi connectivity index (χ1) is 7.79. The second kappa shape index (κ2) is 5.30. The highest BCUT2D eigenvalue weighted by molar-refractivity contribution is 6.18. The van der Waals surface area contributed by atoms with Crippen LogP contribution in [0.25, 0.3) is 0 Å². The Balaban J connectivity index is 1.85. The van der Waals surface area contributed by atoms with Gasteiger partial charge in [0.05, 0.1) is 0 Å². The second-order valence-corrected chi connectivity index (χ2v) is 4.48. The van der Waals surface area contributed by atoms with Crippen LogP contribution in [0.2, 0.25) is 0 Å². The molecule has 0 saturated carbocycles. The van der Waals surface area contributed by atoms with E-state index in [4.69, 9.17) is 11.6 Å². The molecule has 0 bridgehead atoms. The van der Waals surface area contributed by atoms with Crippen LogP contribution in [0.4, 0.5) is 0 Å². The normalized spacial score (nSPS) is 20.4. The van der Waals surface area contributed by atoms with Crippen LogP contribution in [-0.4, -0.2) is 34.8 Å². The molecule has 4 heteroatoms. The minimum Gasteiger partial charge on any atom is -0.342 e. The molecule has 1 aromatic heterocycles. The number of nitrogens with zero attached hydrogens (tertiary/aromatic N) is 2. The van der Waals surface area contributed by atoms with Crippen LogP contribution in [-0.2, 0) is 11.2 Å². The van der Waals surface area contributed by atoms with Gasteiger partial charge in [-0.1, -0.05) is 0 Å². The fraction of sp³-hybridized carbons (Fsp3) is 0.500. The van der Waals surface area contributed by atoms with Gasteiger partial charge in [0, 0.05) is 37.8 Å². The summed E-state index contributed by atoms with van der Waals surface area (Å²) in [7, 11) is 0. The van der Waals surface area contributed by atoms with E-state index in [-0.39, 0.29) is 5.91 Å². The van der Waals surface area contributed by atoms with Gasteiger partial charge in [-0.3, -0.25) is 9.78 Å². The van der Waals surface area contributed by atoms with Crippen molar-refractivity contribution in [2.45, 2.75) is 12.8 Å². The lowest BCUT2D eigenvalue weighted by Gasteiger charge is -2.15. The fourth-order valence-electron chi connectivity index (χ4n) is 1.99. The summed E-state index contributed by atoms with van der Waals surface area (Å²) < 4.78 is 0. The maximum Gasteiger partial charge on any atom is 0.222 e. The Morgan fingerprint density at radius 2 is 2.19 bits per heavy atom. The number of carbonyl (C=O) groups excluding carboxylic acids is 1. The molecule has 0 spiro atoms. The Kier molecular flexibility index (Phi) is 3.78. The largest absolute Gasteiger partial charge is 0.342 e. The molecule has 0 N–H and O–H groups in total. The van der Waals surface area contributed by atoms with E-state index in [2.05, 4.69) is 4.98 Å². The number of amides is 1. The van der Waals surface area contributed by atoms with Crippen molar-refractivity contribution in [3.63, 3.8) is 0 Å². The molecule has 1 aromatic rings. The number of pyridine rings is 1. The van der Waals surface area contributed by atoms with Crippen molar-refractivity contribution in [1.29, 1.82) is 0 Å². The van der Waals surface area contributed by atoms with Crippen molar-refractivity contribution in [3.8, 4) is 0 Å². The third-order valence-corrected chi connectivity index (χ3v) is 3.37. The van der Waals surface area contributed by atoms with Gasteiger partial charge >= 0.3 is 0 Å². The molecule has 1 aliphatic heterocycles. The molecule has 3 nitrogen and oxygen atoms in total. The van der Waals surface area contributed by atoms with E-state index in [9.17, 15) is 4.79 Å². The lowest BCUT2D eigenvalue weighted by Crippen LogP contribution is -2.27. The molecule has 1 aliphatic rings. The average Bonchev–Trinajstić information content (AvgIpc) is 2.69. The molecule has 0 aromatic carbocycles. The molecular formula is C12H15ClN2O. The molecule has 1 unspecified atom stereocenters. The Hall–Kier alpha value is -1.09. The number of halogens is 1. The van der Waals surface area contributed by atoms with E-state index >= 15 is 0 Å². The topological polar surface area (TPSA) is 33.2 Å². The van der Waals surface area contributed by atoms with Gasteiger partial charge in [-0.15, -0.1) is 11.6 Å². The number of hydrogen-bond acceptors (Lipinski definition) is 2. The molecule has 1 atom stereocenters. The predicted molar refractivity (Wildman–Crippen MR) is 63.3 cm³/mol. The second-order valence-electron chi connectivity index (χ2n) is 4.17. The van der Waals surface area contributed by atoms with Crippen LogP contribution in [0.15, 0.2) is 24.5 Å². The van der Waals surface area contributed by atoms with Crippen molar-refractivity contribution in [2.75, 3.05) is 19.0 Å². The van der Waals surface area contributed by atoms with Crippen molar-refractivity contribution in [2.24, 2.45) is 5.92 Å². The maximum atomic E-state index is 11.6. The summed E-state index contributed by atoms with van der Waals surface area (Å²) in [5.41, 5.74) is 1.22. The number of carbonyl (C=O) groups is 1. The van der Waals surface area contributed by atoms with E-state index in [0.29, 0.717) is 18.2 Å². The molecule has 2 rings (SSSR count). The average molecular weight is 239 g/mol. The third-order valence-electron chi connectivity index (χ3n) is 2.93. The van der Waals surface area contributed by atoms with Gasteiger partial charge in [-0.25, -0.2) is 0 Å². The summed E-state index contributed by atoms with van der Waals surface area (Å²) in [6.07, 6.45) is 5.06. The summed E-state index contributed by atoms with van der Waals surface area (Å²) in [5.74, 6) is 1.16. The smallest absolute Gasteiger partial charge is 0.222 e. The zero-order valence-electron chi connectivity index (χ0n) is 9.10. The number of rotatable bonds is 4. The molecule has 1 fully saturated rings. The van der Waals surface area contributed by atoms with Gasteiger partial charge in [0.1, 0.15) is 0 Å². The summed E-state index contributed by atoms with van der Waals surface area (Å²) in [4.78, 5) is 17.5. The standard InChI is InChI=1S/C12H15ClN2O/c13-8-11-7-12(16)15(9-11)6-3-10-1-4-14-5-2-10/h1-2,4-5,11H,3,6-9H2. The van der Waals surface area contributed by atoms with Crippen LogP contribution < -0.4 is 0 Å². The van der Waals surface area contributed by atoms with Crippen molar-refractivity contribution in [3.05, 3.63) is 30.1 Å². The number of alkyl halides is 1. The fourth-order valence-corrected chi connectivity index (χ4v) is 2.19. The van der Waals surface area contributed by atoms with Gasteiger partial charge in [-0.2, -0.15) is 0 Å². The van der Waals surface area contributed by atoms with E-state index in [1.54, 1.807) is 12.4 Å². The molecule has 0 aliphatic carbocycles. The van der Waals surface area contributed by atoms with Crippen molar-refractivity contribution >= 4 is 17.5 Å². The molecular weight excluding hydrogens is 224 g/mol. The van der Waals surface area contributed by atoms with Gasteiger partial charge in [0.15, 0.2) is 0 Å². The van der Waals surface area contributed by atoms with Crippen LogP contribution in [0, 0.1) is 5.92 Å². The minimum atomic E-state index is 0.236. The van der Waals surface area contributed by atoms with Gasteiger partial charge in [0.2, 0.25) is 5.91 Å². The highest BCUT2D eigenvalue weighted by Crippen LogP contribution is 2.19. The first-order valence-electron chi connectivity index (χ1n) is 5.52. The zero-order chi connectivity index (χ0) is 11.4.